The maximum Gasteiger partial charge on any atom is 0.324 e. The molecule has 2 aliphatic heterocycles. The number of carbonyl (C=O) groups excluding carboxylic acids is 1. The van der Waals surface area contributed by atoms with E-state index in [1.165, 1.54) is 11.4 Å². The van der Waals surface area contributed by atoms with Crippen LogP contribution in [-0.4, -0.2) is 66.9 Å². The molecule has 1 N–H and O–H groups in total. The monoisotopic (exact) mass is 320 g/mol. The first-order valence-electron chi connectivity index (χ1n) is 6.95. The Morgan fingerprint density at radius 2 is 1.86 bits per heavy atom. The van der Waals surface area contributed by atoms with Crippen molar-refractivity contribution in [1.82, 2.24) is 8.61 Å². The zero-order chi connectivity index (χ0) is 15.6. The van der Waals surface area contributed by atoms with Crippen molar-refractivity contribution < 1.29 is 27.9 Å². The summed E-state index contributed by atoms with van der Waals surface area (Å²) in [6.45, 7) is 0.509. The van der Waals surface area contributed by atoms with E-state index in [9.17, 15) is 18.0 Å². The Bertz CT molecular complexity index is 520. The third-order valence-corrected chi connectivity index (χ3v) is 6.05. The molecule has 8 nitrogen and oxygen atoms in total. The molecule has 2 rings (SSSR count). The lowest BCUT2D eigenvalue weighted by Crippen LogP contribution is -2.52. The fourth-order valence-corrected chi connectivity index (χ4v) is 4.79. The molecule has 0 spiro atoms. The van der Waals surface area contributed by atoms with Crippen LogP contribution in [0.5, 0.6) is 0 Å². The highest BCUT2D eigenvalue weighted by atomic mass is 32.2. The normalized spacial score (nSPS) is 28.4. The number of methoxy groups -OCH3 is 1. The molecule has 0 aromatic carbocycles. The second-order valence-electron chi connectivity index (χ2n) is 5.34. The Morgan fingerprint density at radius 3 is 2.48 bits per heavy atom. The predicted octanol–water partition coefficient (Wildman–Crippen LogP) is -0.335. The molecular formula is C12H20N2O6S. The standard InChI is InChI=1S/C12H20N2O6S/c1-20-12(17)10-5-3-7-14(10)21(18,19)13-6-2-4-9(8-13)11(15)16/h9-10H,2-8H2,1H3,(H,15,16). The van der Waals surface area contributed by atoms with Crippen LogP contribution in [0.15, 0.2) is 0 Å². The molecule has 0 aromatic rings. The maximum atomic E-state index is 12.6. The molecule has 2 fully saturated rings. The molecule has 120 valence electrons. The van der Waals surface area contributed by atoms with E-state index in [1.54, 1.807) is 0 Å². The molecule has 0 amide bonds. The van der Waals surface area contributed by atoms with Gasteiger partial charge in [0.05, 0.1) is 13.0 Å². The molecule has 0 bridgehead atoms. The summed E-state index contributed by atoms with van der Waals surface area (Å²) >= 11 is 0. The van der Waals surface area contributed by atoms with Crippen molar-refractivity contribution >= 4 is 22.1 Å². The summed E-state index contributed by atoms with van der Waals surface area (Å²) in [5.74, 6) is -2.24. The van der Waals surface area contributed by atoms with Crippen LogP contribution in [0.4, 0.5) is 0 Å². The van der Waals surface area contributed by atoms with Crippen LogP contribution in [0.25, 0.3) is 0 Å². The highest BCUT2D eigenvalue weighted by Crippen LogP contribution is 2.27. The van der Waals surface area contributed by atoms with Gasteiger partial charge < -0.3 is 9.84 Å². The molecule has 21 heavy (non-hydrogen) atoms. The minimum absolute atomic E-state index is 0.0396. The third kappa shape index (κ3) is 3.19. The van der Waals surface area contributed by atoms with Crippen LogP contribution in [-0.2, 0) is 24.5 Å². The summed E-state index contributed by atoms with van der Waals surface area (Å²) < 4.78 is 32.2. The zero-order valence-electron chi connectivity index (χ0n) is 11.9. The second kappa shape index (κ2) is 6.29. The van der Waals surface area contributed by atoms with Gasteiger partial charge in [0.2, 0.25) is 0 Å². The van der Waals surface area contributed by atoms with E-state index >= 15 is 0 Å². The quantitative estimate of drug-likeness (QED) is 0.711. The lowest BCUT2D eigenvalue weighted by atomic mass is 10.0. The fraction of sp³-hybridized carbons (Fsp3) is 0.833. The summed E-state index contributed by atoms with van der Waals surface area (Å²) in [5, 5.41) is 9.06. The Balaban J connectivity index is 2.17. The number of ether oxygens (including phenoxy) is 1. The number of carboxylic acid groups (broad SMARTS) is 1. The number of hydrogen-bond donors (Lipinski definition) is 1. The topological polar surface area (TPSA) is 104 Å². The largest absolute Gasteiger partial charge is 0.481 e. The predicted molar refractivity (Wildman–Crippen MR) is 72.6 cm³/mol. The smallest absolute Gasteiger partial charge is 0.324 e. The van der Waals surface area contributed by atoms with Crippen LogP contribution in [0.3, 0.4) is 0 Å². The molecule has 2 heterocycles. The minimum atomic E-state index is -3.83. The SMILES string of the molecule is COC(=O)C1CCCN1S(=O)(=O)N1CCCC(C(=O)O)C1. The van der Waals surface area contributed by atoms with Crippen molar-refractivity contribution in [3.8, 4) is 0 Å². The van der Waals surface area contributed by atoms with E-state index < -0.39 is 34.1 Å². The summed E-state index contributed by atoms with van der Waals surface area (Å²) in [5.41, 5.74) is 0. The molecular weight excluding hydrogens is 300 g/mol. The first-order chi connectivity index (χ1) is 9.87. The van der Waals surface area contributed by atoms with Gasteiger partial charge in [-0.05, 0) is 25.7 Å². The number of piperidine rings is 1. The summed E-state index contributed by atoms with van der Waals surface area (Å²) in [7, 11) is -2.60. The number of aliphatic carboxylic acids is 1. The second-order valence-corrected chi connectivity index (χ2v) is 7.22. The summed E-state index contributed by atoms with van der Waals surface area (Å²) in [4.78, 5) is 22.7. The number of carboxylic acids is 1. The Labute approximate surface area is 123 Å². The Kier molecular flexibility index (Phi) is 4.84. The van der Waals surface area contributed by atoms with Crippen molar-refractivity contribution in [3.63, 3.8) is 0 Å². The first-order valence-corrected chi connectivity index (χ1v) is 8.35. The lowest BCUT2D eigenvalue weighted by Gasteiger charge is -2.34. The third-order valence-electron chi connectivity index (χ3n) is 4.03. The lowest BCUT2D eigenvalue weighted by molar-refractivity contribution is -0.145. The van der Waals surface area contributed by atoms with Crippen LogP contribution in [0.2, 0.25) is 0 Å². The number of carbonyl (C=O) groups is 2. The minimum Gasteiger partial charge on any atom is -0.481 e. The van der Waals surface area contributed by atoms with Crippen LogP contribution < -0.4 is 0 Å². The van der Waals surface area contributed by atoms with Gasteiger partial charge in [-0.3, -0.25) is 9.59 Å². The molecule has 0 saturated carbocycles. The molecule has 0 radical (unpaired) electrons. The molecule has 2 aliphatic rings. The maximum absolute atomic E-state index is 12.6. The van der Waals surface area contributed by atoms with Crippen LogP contribution >= 0.6 is 0 Å². The van der Waals surface area contributed by atoms with Gasteiger partial charge in [-0.2, -0.15) is 17.0 Å². The number of rotatable bonds is 4. The Morgan fingerprint density at radius 1 is 1.19 bits per heavy atom. The number of esters is 1. The highest BCUT2D eigenvalue weighted by molar-refractivity contribution is 7.86. The molecule has 2 unspecified atom stereocenters. The summed E-state index contributed by atoms with van der Waals surface area (Å²) in [6, 6.07) is -0.801. The number of nitrogens with zero attached hydrogens (tertiary/aromatic N) is 2. The average molecular weight is 320 g/mol. The van der Waals surface area contributed by atoms with E-state index in [4.69, 9.17) is 5.11 Å². The van der Waals surface area contributed by atoms with Gasteiger partial charge in [0.25, 0.3) is 10.2 Å². The van der Waals surface area contributed by atoms with E-state index in [-0.39, 0.29) is 19.6 Å². The van der Waals surface area contributed by atoms with E-state index in [2.05, 4.69) is 4.74 Å². The number of hydrogen-bond acceptors (Lipinski definition) is 5. The average Bonchev–Trinajstić information content (AvgIpc) is 2.96. The fourth-order valence-electron chi connectivity index (χ4n) is 2.89. The van der Waals surface area contributed by atoms with Gasteiger partial charge in [0.1, 0.15) is 6.04 Å². The van der Waals surface area contributed by atoms with Crippen molar-refractivity contribution in [2.24, 2.45) is 5.92 Å². The van der Waals surface area contributed by atoms with Gasteiger partial charge in [-0.1, -0.05) is 0 Å². The van der Waals surface area contributed by atoms with E-state index in [0.717, 1.165) is 4.31 Å². The molecule has 2 atom stereocenters. The van der Waals surface area contributed by atoms with E-state index in [0.29, 0.717) is 25.7 Å². The first kappa shape index (κ1) is 16.2. The van der Waals surface area contributed by atoms with Crippen molar-refractivity contribution in [2.45, 2.75) is 31.7 Å². The molecule has 2 saturated heterocycles. The molecule has 0 aromatic heterocycles. The molecule has 9 heteroatoms. The van der Waals surface area contributed by atoms with E-state index in [1.807, 2.05) is 0 Å². The van der Waals surface area contributed by atoms with Gasteiger partial charge in [0.15, 0.2) is 0 Å². The van der Waals surface area contributed by atoms with Gasteiger partial charge >= 0.3 is 11.9 Å². The van der Waals surface area contributed by atoms with Crippen molar-refractivity contribution in [3.05, 3.63) is 0 Å². The van der Waals surface area contributed by atoms with Crippen LogP contribution in [0, 0.1) is 5.92 Å². The van der Waals surface area contributed by atoms with Crippen molar-refractivity contribution in [1.29, 1.82) is 0 Å². The highest BCUT2D eigenvalue weighted by Gasteiger charge is 2.43. The zero-order valence-corrected chi connectivity index (χ0v) is 12.7. The van der Waals surface area contributed by atoms with Crippen molar-refractivity contribution in [2.75, 3.05) is 26.7 Å². The Hall–Kier alpha value is -1.19. The van der Waals surface area contributed by atoms with Gasteiger partial charge in [0, 0.05) is 19.6 Å². The van der Waals surface area contributed by atoms with Gasteiger partial charge in [-0.25, -0.2) is 0 Å². The van der Waals surface area contributed by atoms with Gasteiger partial charge in [-0.15, -0.1) is 0 Å². The summed E-state index contributed by atoms with van der Waals surface area (Å²) in [6.07, 6.45) is 2.01. The van der Waals surface area contributed by atoms with Crippen LogP contribution in [0.1, 0.15) is 25.7 Å². The molecule has 0 aliphatic carbocycles.